The minimum Gasteiger partial charge on any atom is -0.462 e. The number of carbonyl (C=O) groups excluding carboxylic acids is 1. The fourth-order valence-corrected chi connectivity index (χ4v) is 0.874. The molecule has 3 nitrogen and oxygen atoms in total. The summed E-state index contributed by atoms with van der Waals surface area (Å²) in [7, 11) is 0. The van der Waals surface area contributed by atoms with Crippen LogP contribution in [0.5, 0.6) is 0 Å². The Morgan fingerprint density at radius 3 is 2.60 bits per heavy atom. The first-order valence-corrected chi connectivity index (χ1v) is 4.89. The maximum Gasteiger partial charge on any atom is 0.302 e. The molecule has 0 atom stereocenters. The zero-order valence-corrected chi connectivity index (χ0v) is 9.27. The number of ether oxygens (including phenoxy) is 1. The molecule has 0 heterocycles. The average molecular weight is 210 g/mol. The summed E-state index contributed by atoms with van der Waals surface area (Å²) < 4.78 is 4.71. The number of hydrogen-bond acceptors (Lipinski definition) is 3. The summed E-state index contributed by atoms with van der Waals surface area (Å²) in [5, 5.41) is 8.59. The molecule has 0 amide bonds. The number of rotatable bonds is 6. The third-order valence-electron chi connectivity index (χ3n) is 1.62. The number of esters is 1. The van der Waals surface area contributed by atoms with Gasteiger partial charge in [0.15, 0.2) is 0 Å². The van der Waals surface area contributed by atoms with Gasteiger partial charge in [-0.2, -0.15) is 0 Å². The Balaban J connectivity index is 3.60. The minimum absolute atomic E-state index is 0.0679. The highest BCUT2D eigenvalue weighted by Gasteiger charge is 1.85. The molecule has 0 saturated carbocycles. The van der Waals surface area contributed by atoms with Crippen LogP contribution in [0, 0.1) is 0 Å². The minimum atomic E-state index is -0.267. The lowest BCUT2D eigenvalue weighted by Crippen LogP contribution is -1.97. The monoisotopic (exact) mass is 210 g/mol. The van der Waals surface area contributed by atoms with E-state index >= 15 is 0 Å². The fourth-order valence-electron chi connectivity index (χ4n) is 0.874. The van der Waals surface area contributed by atoms with E-state index in [1.54, 1.807) is 12.2 Å². The summed E-state index contributed by atoms with van der Waals surface area (Å²) in [6.45, 7) is 3.71. The molecule has 0 aliphatic carbocycles. The normalized spacial score (nSPS) is 12.6. The van der Waals surface area contributed by atoms with Crippen molar-refractivity contribution >= 4 is 5.97 Å². The van der Waals surface area contributed by atoms with E-state index in [-0.39, 0.29) is 12.6 Å². The van der Waals surface area contributed by atoms with Crippen molar-refractivity contribution in [2.45, 2.75) is 20.3 Å². The number of carbonyl (C=O) groups is 1. The van der Waals surface area contributed by atoms with Gasteiger partial charge in [-0.25, -0.2) is 0 Å². The molecule has 0 saturated heterocycles. The molecular weight excluding hydrogens is 192 g/mol. The first kappa shape index (κ1) is 13.7. The molecule has 0 fully saturated rings. The first-order chi connectivity index (χ1) is 7.16. The zero-order chi connectivity index (χ0) is 11.5. The maximum absolute atomic E-state index is 10.4. The van der Waals surface area contributed by atoms with Crippen molar-refractivity contribution < 1.29 is 14.6 Å². The second-order valence-corrected chi connectivity index (χ2v) is 3.04. The van der Waals surface area contributed by atoms with Gasteiger partial charge in [-0.15, -0.1) is 0 Å². The number of aliphatic hydroxyl groups excluding tert-OH is 1. The van der Waals surface area contributed by atoms with Crippen LogP contribution in [0.4, 0.5) is 0 Å². The second kappa shape index (κ2) is 9.21. The zero-order valence-electron chi connectivity index (χ0n) is 9.27. The predicted molar refractivity (Wildman–Crippen MR) is 60.4 cm³/mol. The van der Waals surface area contributed by atoms with Crippen molar-refractivity contribution in [3.05, 3.63) is 36.0 Å². The molecule has 0 unspecified atom stereocenters. The summed E-state index contributed by atoms with van der Waals surface area (Å²) in [6.07, 6.45) is 10.2. The summed E-state index contributed by atoms with van der Waals surface area (Å²) in [4.78, 5) is 10.4. The van der Waals surface area contributed by atoms with Gasteiger partial charge in [0.2, 0.25) is 0 Å². The van der Waals surface area contributed by atoms with Crippen molar-refractivity contribution in [2.24, 2.45) is 0 Å². The van der Waals surface area contributed by atoms with Gasteiger partial charge in [-0.3, -0.25) is 4.79 Å². The van der Waals surface area contributed by atoms with Gasteiger partial charge < -0.3 is 9.84 Å². The molecule has 0 spiro atoms. The molecule has 0 aromatic rings. The Morgan fingerprint density at radius 2 is 2.00 bits per heavy atom. The molecule has 0 aliphatic heterocycles. The Morgan fingerprint density at radius 1 is 1.27 bits per heavy atom. The molecule has 15 heavy (non-hydrogen) atoms. The molecule has 0 radical (unpaired) electrons. The Kier molecular flexibility index (Phi) is 8.39. The van der Waals surface area contributed by atoms with E-state index in [0.29, 0.717) is 6.61 Å². The van der Waals surface area contributed by atoms with Crippen molar-refractivity contribution in [2.75, 3.05) is 13.2 Å². The highest BCUT2D eigenvalue weighted by Crippen LogP contribution is 1.96. The molecule has 0 bridgehead atoms. The topological polar surface area (TPSA) is 46.5 Å². The molecule has 3 heteroatoms. The SMILES string of the molecule is CC(=O)OC/C=C/C/C=C\C(C)=C\CO. The third-order valence-corrected chi connectivity index (χ3v) is 1.62. The lowest BCUT2D eigenvalue weighted by Gasteiger charge is -1.93. The van der Waals surface area contributed by atoms with Crippen LogP contribution in [0.25, 0.3) is 0 Å². The van der Waals surface area contributed by atoms with Crippen LogP contribution in [0.15, 0.2) is 36.0 Å². The molecule has 84 valence electrons. The van der Waals surface area contributed by atoms with Crippen molar-refractivity contribution in [3.63, 3.8) is 0 Å². The van der Waals surface area contributed by atoms with Gasteiger partial charge in [0.1, 0.15) is 6.61 Å². The largest absolute Gasteiger partial charge is 0.462 e. The molecular formula is C12H18O3. The number of aliphatic hydroxyl groups is 1. The molecule has 0 aliphatic rings. The summed E-state index contributed by atoms with van der Waals surface area (Å²) in [5.74, 6) is -0.267. The summed E-state index contributed by atoms with van der Waals surface area (Å²) in [6, 6.07) is 0. The highest BCUT2D eigenvalue weighted by atomic mass is 16.5. The second-order valence-electron chi connectivity index (χ2n) is 3.04. The number of allylic oxidation sites excluding steroid dienone is 4. The van der Waals surface area contributed by atoms with Crippen LogP contribution >= 0.6 is 0 Å². The van der Waals surface area contributed by atoms with E-state index in [2.05, 4.69) is 0 Å². The predicted octanol–water partition coefficient (Wildman–Crippen LogP) is 1.99. The van der Waals surface area contributed by atoms with Gasteiger partial charge >= 0.3 is 5.97 Å². The van der Waals surface area contributed by atoms with Crippen LogP contribution in [0.3, 0.4) is 0 Å². The van der Waals surface area contributed by atoms with Gasteiger partial charge in [0, 0.05) is 6.92 Å². The van der Waals surface area contributed by atoms with Crippen LogP contribution in [-0.4, -0.2) is 24.3 Å². The quantitative estimate of drug-likeness (QED) is 0.414. The van der Waals surface area contributed by atoms with E-state index in [9.17, 15) is 4.79 Å². The standard InChI is InChI=1S/C12H18O3/c1-11(8-9-13)7-5-3-4-6-10-15-12(2)14/h4-8,13H,3,9-10H2,1-2H3/b6-4+,7-5-,11-8+. The van der Waals surface area contributed by atoms with E-state index in [0.717, 1.165) is 12.0 Å². The van der Waals surface area contributed by atoms with E-state index in [1.807, 2.05) is 25.2 Å². The van der Waals surface area contributed by atoms with Crippen LogP contribution < -0.4 is 0 Å². The van der Waals surface area contributed by atoms with Gasteiger partial charge in [-0.1, -0.05) is 36.0 Å². The van der Waals surface area contributed by atoms with Crippen LogP contribution in [-0.2, 0) is 9.53 Å². The van der Waals surface area contributed by atoms with Crippen LogP contribution in [0.1, 0.15) is 20.3 Å². The first-order valence-electron chi connectivity index (χ1n) is 4.89. The Bertz CT molecular complexity index is 262. The van der Waals surface area contributed by atoms with Crippen LogP contribution in [0.2, 0.25) is 0 Å². The lowest BCUT2D eigenvalue weighted by molar-refractivity contribution is -0.139. The average Bonchev–Trinajstić information content (AvgIpc) is 2.16. The summed E-state index contributed by atoms with van der Waals surface area (Å²) >= 11 is 0. The highest BCUT2D eigenvalue weighted by molar-refractivity contribution is 5.65. The fraction of sp³-hybridized carbons (Fsp3) is 0.417. The van der Waals surface area contributed by atoms with Gasteiger partial charge in [0.25, 0.3) is 0 Å². The Hall–Kier alpha value is -1.35. The molecule has 0 rings (SSSR count). The van der Waals surface area contributed by atoms with Crippen molar-refractivity contribution in [1.29, 1.82) is 0 Å². The smallest absolute Gasteiger partial charge is 0.302 e. The van der Waals surface area contributed by atoms with E-state index in [1.165, 1.54) is 6.92 Å². The Labute approximate surface area is 90.8 Å². The van der Waals surface area contributed by atoms with E-state index in [4.69, 9.17) is 9.84 Å². The van der Waals surface area contributed by atoms with E-state index < -0.39 is 0 Å². The third kappa shape index (κ3) is 10.6. The molecule has 0 aromatic heterocycles. The molecule has 0 aromatic carbocycles. The van der Waals surface area contributed by atoms with Crippen molar-refractivity contribution in [1.82, 2.24) is 0 Å². The van der Waals surface area contributed by atoms with Crippen molar-refractivity contribution in [3.8, 4) is 0 Å². The maximum atomic E-state index is 10.4. The summed E-state index contributed by atoms with van der Waals surface area (Å²) in [5.41, 5.74) is 1.03. The molecule has 1 N–H and O–H groups in total. The lowest BCUT2D eigenvalue weighted by atomic mass is 10.2. The van der Waals surface area contributed by atoms with Gasteiger partial charge in [0.05, 0.1) is 6.61 Å². The number of hydrogen-bond donors (Lipinski definition) is 1. The van der Waals surface area contributed by atoms with Gasteiger partial charge in [-0.05, 0) is 13.3 Å².